The van der Waals surface area contributed by atoms with E-state index in [4.69, 9.17) is 5.73 Å². The van der Waals surface area contributed by atoms with Gasteiger partial charge in [-0.05, 0) is 31.9 Å². The number of halogens is 1. The Morgan fingerprint density at radius 3 is 2.72 bits per heavy atom. The van der Waals surface area contributed by atoms with Gasteiger partial charge < -0.3 is 11.1 Å². The van der Waals surface area contributed by atoms with Gasteiger partial charge in [0.15, 0.2) is 0 Å². The highest BCUT2D eigenvalue weighted by atomic mass is 127. The first-order valence-electron chi connectivity index (χ1n) is 5.49. The number of nitrogens with zero attached hydrogens (tertiary/aromatic N) is 1. The highest BCUT2D eigenvalue weighted by Crippen LogP contribution is 2.10. The summed E-state index contributed by atoms with van der Waals surface area (Å²) < 4.78 is -0.137. The summed E-state index contributed by atoms with van der Waals surface area (Å²) in [6, 6.07) is 2.96. The van der Waals surface area contributed by atoms with Crippen LogP contribution in [0.3, 0.4) is 0 Å². The fourth-order valence-electron chi connectivity index (χ4n) is 1.32. The van der Waals surface area contributed by atoms with Crippen molar-refractivity contribution in [1.29, 1.82) is 0 Å². The van der Waals surface area contributed by atoms with E-state index < -0.39 is 11.6 Å². The highest BCUT2D eigenvalue weighted by molar-refractivity contribution is 14.1. The molecule has 0 saturated heterocycles. The molecular formula is C12H16IN3O2. The van der Waals surface area contributed by atoms with Crippen LogP contribution >= 0.6 is 22.6 Å². The molecule has 6 heteroatoms. The predicted octanol–water partition coefficient (Wildman–Crippen LogP) is 0.808. The summed E-state index contributed by atoms with van der Waals surface area (Å²) in [7, 11) is 0. The minimum absolute atomic E-state index is 0.137. The number of carbonyl (C=O) groups is 2. The number of nitrogens with one attached hydrogen (secondary N) is 1. The van der Waals surface area contributed by atoms with Crippen LogP contribution in [0.2, 0.25) is 0 Å². The molecule has 1 aromatic rings. The van der Waals surface area contributed by atoms with Gasteiger partial charge in [-0.1, -0.05) is 6.07 Å². The number of carbonyl (C=O) groups excluding carboxylic acids is 2. The molecule has 1 amide bonds. The lowest BCUT2D eigenvalue weighted by molar-refractivity contribution is -0.127. The second-order valence-corrected chi connectivity index (χ2v) is 5.54. The minimum Gasteiger partial charge on any atom is -0.342 e. The van der Waals surface area contributed by atoms with Gasteiger partial charge in [-0.2, -0.15) is 0 Å². The molecule has 1 aromatic heterocycles. The van der Waals surface area contributed by atoms with Crippen LogP contribution in [-0.2, 0) is 16.0 Å². The van der Waals surface area contributed by atoms with Crippen molar-refractivity contribution in [2.24, 2.45) is 5.73 Å². The number of hydrogen-bond acceptors (Lipinski definition) is 4. The number of pyridine rings is 1. The third-order valence-electron chi connectivity index (χ3n) is 2.44. The Morgan fingerprint density at radius 1 is 1.56 bits per heavy atom. The Balaban J connectivity index is 2.60. The van der Waals surface area contributed by atoms with E-state index in [1.165, 1.54) is 0 Å². The smallest absolute Gasteiger partial charge is 0.238 e. The molecule has 3 N–H and O–H groups in total. The van der Waals surface area contributed by atoms with Crippen molar-refractivity contribution in [3.05, 3.63) is 30.1 Å². The van der Waals surface area contributed by atoms with Gasteiger partial charge in [0.25, 0.3) is 0 Å². The van der Waals surface area contributed by atoms with Crippen molar-refractivity contribution in [1.82, 2.24) is 10.3 Å². The molecule has 0 aliphatic heterocycles. The summed E-state index contributed by atoms with van der Waals surface area (Å²) in [5.41, 5.74) is 5.79. The molecule has 1 atom stereocenters. The highest BCUT2D eigenvalue weighted by Gasteiger charge is 2.29. The molecule has 0 spiro atoms. The molecule has 98 valence electrons. The molecule has 0 radical (unpaired) electrons. The van der Waals surface area contributed by atoms with Crippen molar-refractivity contribution < 1.29 is 9.59 Å². The van der Waals surface area contributed by atoms with Crippen LogP contribution in [0.5, 0.6) is 0 Å². The summed E-state index contributed by atoms with van der Waals surface area (Å²) in [5, 5.41) is 2.63. The fourth-order valence-corrected chi connectivity index (χ4v) is 1.45. The van der Waals surface area contributed by atoms with Crippen molar-refractivity contribution in [2.75, 3.05) is 0 Å². The zero-order valence-corrected chi connectivity index (χ0v) is 12.5. The number of amides is 1. The van der Waals surface area contributed by atoms with Crippen molar-refractivity contribution >= 4 is 32.3 Å². The molecule has 18 heavy (non-hydrogen) atoms. The molecule has 0 aromatic carbocycles. The Bertz CT molecular complexity index is 434. The Morgan fingerprint density at radius 2 is 2.22 bits per heavy atom. The summed E-state index contributed by atoms with van der Waals surface area (Å²) in [6.45, 7) is 3.30. The quantitative estimate of drug-likeness (QED) is 0.601. The Labute approximate surface area is 120 Å². The minimum atomic E-state index is -0.899. The molecule has 0 aliphatic carbocycles. The van der Waals surface area contributed by atoms with E-state index in [9.17, 15) is 9.59 Å². The maximum absolute atomic E-state index is 11.9. The largest absolute Gasteiger partial charge is 0.342 e. The number of hydrogen-bond donors (Lipinski definition) is 2. The molecule has 5 nitrogen and oxygen atoms in total. The van der Waals surface area contributed by atoms with Gasteiger partial charge in [-0.3, -0.25) is 14.6 Å². The maximum atomic E-state index is 11.9. The van der Waals surface area contributed by atoms with Crippen molar-refractivity contribution in [3.63, 3.8) is 0 Å². The van der Waals surface area contributed by atoms with Crippen LogP contribution in [0.4, 0.5) is 0 Å². The van der Waals surface area contributed by atoms with E-state index in [0.29, 0.717) is 6.42 Å². The molecule has 0 aliphatic rings. The second-order valence-electron chi connectivity index (χ2n) is 4.56. The van der Waals surface area contributed by atoms with Gasteiger partial charge in [0.2, 0.25) is 9.70 Å². The van der Waals surface area contributed by atoms with E-state index in [1.807, 2.05) is 6.07 Å². The van der Waals surface area contributed by atoms with E-state index in [-0.39, 0.29) is 9.70 Å². The molecule has 0 fully saturated rings. The summed E-state index contributed by atoms with van der Waals surface area (Å²) in [5.74, 6) is -0.339. The average Bonchev–Trinajstić information content (AvgIpc) is 2.29. The van der Waals surface area contributed by atoms with Crippen LogP contribution in [0.1, 0.15) is 19.4 Å². The molecular weight excluding hydrogens is 345 g/mol. The van der Waals surface area contributed by atoms with Gasteiger partial charge in [-0.25, -0.2) is 0 Å². The van der Waals surface area contributed by atoms with Gasteiger partial charge in [0.1, 0.15) is 5.54 Å². The Hall–Kier alpha value is -1.02. The number of rotatable bonds is 5. The molecule has 0 bridgehead atoms. The second kappa shape index (κ2) is 6.24. The summed E-state index contributed by atoms with van der Waals surface area (Å²) >= 11 is 1.66. The van der Waals surface area contributed by atoms with Crippen molar-refractivity contribution in [2.45, 2.75) is 31.8 Å². The zero-order valence-electron chi connectivity index (χ0n) is 10.3. The normalized spacial score (nSPS) is 12.9. The SMILES string of the molecule is CC(C)(NC(=O)[C@@H](N)Cc1cccnc1)C(=O)I. The zero-order chi connectivity index (χ0) is 13.8. The molecule has 0 unspecified atom stereocenters. The lowest BCUT2D eigenvalue weighted by Gasteiger charge is -2.24. The third kappa shape index (κ3) is 4.34. The lowest BCUT2D eigenvalue weighted by Crippen LogP contribution is -2.53. The van der Waals surface area contributed by atoms with Crippen LogP contribution in [0.15, 0.2) is 24.5 Å². The van der Waals surface area contributed by atoms with E-state index in [0.717, 1.165) is 5.56 Å². The van der Waals surface area contributed by atoms with Crippen LogP contribution in [0.25, 0.3) is 0 Å². The van der Waals surface area contributed by atoms with Gasteiger partial charge in [0.05, 0.1) is 6.04 Å². The van der Waals surface area contributed by atoms with Crippen LogP contribution in [-0.4, -0.2) is 26.3 Å². The van der Waals surface area contributed by atoms with Crippen LogP contribution < -0.4 is 11.1 Å². The molecule has 1 heterocycles. The average molecular weight is 361 g/mol. The van der Waals surface area contributed by atoms with Gasteiger partial charge in [-0.15, -0.1) is 0 Å². The van der Waals surface area contributed by atoms with Crippen molar-refractivity contribution in [3.8, 4) is 0 Å². The topological polar surface area (TPSA) is 85.1 Å². The van der Waals surface area contributed by atoms with Gasteiger partial charge >= 0.3 is 0 Å². The standard InChI is InChI=1S/C12H16IN3O2/c1-12(2,11(13)18)16-10(17)9(14)6-8-4-3-5-15-7-8/h3-5,7,9H,6,14H2,1-2H3,(H,16,17)/t9-/m0/s1. The van der Waals surface area contributed by atoms with E-state index in [1.54, 1.807) is 54.9 Å². The number of nitrogens with two attached hydrogens (primary N) is 1. The summed E-state index contributed by atoms with van der Waals surface area (Å²) in [6.07, 6.45) is 3.72. The summed E-state index contributed by atoms with van der Waals surface area (Å²) in [4.78, 5) is 27.1. The van der Waals surface area contributed by atoms with E-state index in [2.05, 4.69) is 10.3 Å². The van der Waals surface area contributed by atoms with Gasteiger partial charge in [0, 0.05) is 35.0 Å². The lowest BCUT2D eigenvalue weighted by atomic mass is 10.0. The predicted molar refractivity (Wildman–Crippen MR) is 77.2 cm³/mol. The van der Waals surface area contributed by atoms with Crippen LogP contribution in [0, 0.1) is 0 Å². The fraction of sp³-hybridized carbons (Fsp3) is 0.417. The first kappa shape index (κ1) is 15.0. The van der Waals surface area contributed by atoms with E-state index >= 15 is 0 Å². The molecule has 1 rings (SSSR count). The monoisotopic (exact) mass is 361 g/mol. The third-order valence-corrected chi connectivity index (χ3v) is 3.79. The Kier molecular flexibility index (Phi) is 5.21. The first-order valence-corrected chi connectivity index (χ1v) is 6.57. The first-order chi connectivity index (χ1) is 8.33. The number of aromatic nitrogens is 1. The molecule has 0 saturated carbocycles. The maximum Gasteiger partial charge on any atom is 0.238 e.